The Bertz CT molecular complexity index is 658. The molecule has 0 atom stereocenters. The third-order valence-electron chi connectivity index (χ3n) is 3.19. The monoisotopic (exact) mass is 304 g/mol. The topological polar surface area (TPSA) is 125 Å². The van der Waals surface area contributed by atoms with Crippen LogP contribution in [0.2, 0.25) is 0 Å². The van der Waals surface area contributed by atoms with Crippen LogP contribution in [-0.2, 0) is 11.3 Å². The number of H-pyrrole nitrogens is 1. The molecule has 0 radical (unpaired) electrons. The zero-order chi connectivity index (χ0) is 15.9. The molecule has 8 heteroatoms. The van der Waals surface area contributed by atoms with Crippen molar-refractivity contribution in [3.05, 3.63) is 35.4 Å². The smallest absolute Gasteiger partial charge is 0.360 e. The molecule has 2 aromatic rings. The van der Waals surface area contributed by atoms with Gasteiger partial charge in [0.05, 0.1) is 13.3 Å². The molecule has 118 valence electrons. The molecule has 2 aromatic heterocycles. The number of esters is 1. The Balaban J connectivity index is 1.75. The van der Waals surface area contributed by atoms with Gasteiger partial charge >= 0.3 is 5.97 Å². The fourth-order valence-corrected chi connectivity index (χ4v) is 2.00. The van der Waals surface area contributed by atoms with Gasteiger partial charge in [-0.3, -0.25) is 4.68 Å². The summed E-state index contributed by atoms with van der Waals surface area (Å²) in [5, 5.41) is 7.62. The lowest BCUT2D eigenvalue weighted by Gasteiger charge is -2.02. The predicted molar refractivity (Wildman–Crippen MR) is 82.6 cm³/mol. The maximum absolute atomic E-state index is 11.3. The number of nitrogens with one attached hydrogen (secondary N) is 1. The Morgan fingerprint density at radius 3 is 3.00 bits per heavy atom. The average Bonchev–Trinajstić information content (AvgIpc) is 3.13. The van der Waals surface area contributed by atoms with E-state index in [1.807, 2.05) is 12.1 Å². The summed E-state index contributed by atoms with van der Waals surface area (Å²) in [4.78, 5) is 14.2. The number of methoxy groups -OCH3 is 1. The Hall–Kier alpha value is -2.77. The van der Waals surface area contributed by atoms with Crippen molar-refractivity contribution < 1.29 is 9.53 Å². The van der Waals surface area contributed by atoms with E-state index in [9.17, 15) is 4.79 Å². The van der Waals surface area contributed by atoms with E-state index in [0.29, 0.717) is 12.4 Å². The van der Waals surface area contributed by atoms with E-state index in [1.165, 1.54) is 7.11 Å². The molecule has 2 rings (SSSR count). The quantitative estimate of drug-likeness (QED) is 0.520. The van der Waals surface area contributed by atoms with Crippen LogP contribution in [0.1, 0.15) is 35.3 Å². The normalized spacial score (nSPS) is 11.6. The highest BCUT2D eigenvalue weighted by molar-refractivity contribution is 5.86. The summed E-state index contributed by atoms with van der Waals surface area (Å²) in [5.41, 5.74) is 13.6. The Labute approximate surface area is 128 Å². The Kier molecular flexibility index (Phi) is 5.18. The largest absolute Gasteiger partial charge is 0.464 e. The number of aryl methyl sites for hydroxylation is 1. The molecule has 0 saturated carbocycles. The number of nitrogens with zero attached hydrogens (tertiary/aromatic N) is 3. The molecule has 0 unspecified atom stereocenters. The van der Waals surface area contributed by atoms with Crippen LogP contribution in [0.25, 0.3) is 6.08 Å². The Morgan fingerprint density at radius 1 is 1.50 bits per heavy atom. The van der Waals surface area contributed by atoms with Crippen LogP contribution in [0, 0.1) is 0 Å². The number of hydrogen-bond donors (Lipinski definition) is 3. The van der Waals surface area contributed by atoms with Gasteiger partial charge in [0.15, 0.2) is 5.69 Å². The van der Waals surface area contributed by atoms with Crippen molar-refractivity contribution in [3.8, 4) is 0 Å². The molecule has 0 aliphatic rings. The van der Waals surface area contributed by atoms with Gasteiger partial charge in [-0.15, -0.1) is 5.10 Å². The summed E-state index contributed by atoms with van der Waals surface area (Å²) in [7, 11) is 1.31. The molecule has 0 bridgehead atoms. The molecule has 5 N–H and O–H groups in total. The minimum Gasteiger partial charge on any atom is -0.464 e. The van der Waals surface area contributed by atoms with Gasteiger partial charge in [-0.1, -0.05) is 5.21 Å². The first-order valence-corrected chi connectivity index (χ1v) is 6.97. The summed E-state index contributed by atoms with van der Waals surface area (Å²) in [6.07, 6.45) is 7.77. The second-order valence-electron chi connectivity index (χ2n) is 4.88. The summed E-state index contributed by atoms with van der Waals surface area (Å²) in [5.74, 6) is 0.128. The highest BCUT2D eigenvalue weighted by atomic mass is 16.5. The van der Waals surface area contributed by atoms with Crippen molar-refractivity contribution >= 4 is 17.9 Å². The van der Waals surface area contributed by atoms with Crippen LogP contribution in [-0.4, -0.2) is 33.1 Å². The standard InChI is InChI=1S/C14H20N6O2/c1-22-14(21)12-9-20(19-18-12)7-3-2-4-11(15)8-10-5-6-17-13(10)16/h5-6,8-9,17H,2-4,7,15-16H2,1H3/b11-8-. The fraction of sp³-hybridized carbons (Fsp3) is 0.357. The van der Waals surface area contributed by atoms with Crippen LogP contribution in [0.3, 0.4) is 0 Å². The maximum atomic E-state index is 11.3. The number of aromatic amines is 1. The number of nitrogens with two attached hydrogens (primary N) is 2. The number of carbonyl (C=O) groups excluding carboxylic acids is 1. The molecular weight excluding hydrogens is 284 g/mol. The van der Waals surface area contributed by atoms with E-state index in [-0.39, 0.29) is 5.69 Å². The van der Waals surface area contributed by atoms with Crippen LogP contribution in [0.5, 0.6) is 0 Å². The van der Waals surface area contributed by atoms with Gasteiger partial charge in [0, 0.05) is 24.0 Å². The van der Waals surface area contributed by atoms with Crippen LogP contribution in [0.15, 0.2) is 24.2 Å². The zero-order valence-electron chi connectivity index (χ0n) is 12.5. The average molecular weight is 304 g/mol. The second kappa shape index (κ2) is 7.30. The van der Waals surface area contributed by atoms with E-state index < -0.39 is 5.97 Å². The van der Waals surface area contributed by atoms with Crippen LogP contribution >= 0.6 is 0 Å². The number of allylic oxidation sites excluding steroid dienone is 1. The lowest BCUT2D eigenvalue weighted by atomic mass is 10.1. The van der Waals surface area contributed by atoms with Crippen LogP contribution < -0.4 is 11.5 Å². The molecule has 0 aliphatic carbocycles. The third kappa shape index (κ3) is 4.11. The first-order chi connectivity index (χ1) is 10.6. The number of unbranched alkanes of at least 4 members (excludes halogenated alkanes) is 1. The molecule has 0 aliphatic heterocycles. The summed E-state index contributed by atoms with van der Waals surface area (Å²) >= 11 is 0. The maximum Gasteiger partial charge on any atom is 0.360 e. The van der Waals surface area contributed by atoms with E-state index >= 15 is 0 Å². The highest BCUT2D eigenvalue weighted by Crippen LogP contribution is 2.14. The molecule has 0 fully saturated rings. The highest BCUT2D eigenvalue weighted by Gasteiger charge is 2.09. The summed E-state index contributed by atoms with van der Waals surface area (Å²) in [6.45, 7) is 0.670. The van der Waals surface area contributed by atoms with E-state index in [2.05, 4.69) is 20.0 Å². The number of aromatic nitrogens is 4. The van der Waals surface area contributed by atoms with E-state index in [1.54, 1.807) is 17.1 Å². The predicted octanol–water partition coefficient (Wildman–Crippen LogP) is 1.15. The van der Waals surface area contributed by atoms with Crippen molar-refractivity contribution in [2.24, 2.45) is 5.73 Å². The van der Waals surface area contributed by atoms with Crippen molar-refractivity contribution in [1.29, 1.82) is 0 Å². The molecule has 8 nitrogen and oxygen atoms in total. The lowest BCUT2D eigenvalue weighted by molar-refractivity contribution is 0.0594. The molecule has 22 heavy (non-hydrogen) atoms. The second-order valence-corrected chi connectivity index (χ2v) is 4.88. The summed E-state index contributed by atoms with van der Waals surface area (Å²) < 4.78 is 6.20. The van der Waals surface area contributed by atoms with Gasteiger partial charge < -0.3 is 21.2 Å². The molecule has 0 amide bonds. The number of anilines is 1. The van der Waals surface area contributed by atoms with Crippen molar-refractivity contribution in [3.63, 3.8) is 0 Å². The number of hydrogen-bond acceptors (Lipinski definition) is 6. The van der Waals surface area contributed by atoms with E-state index in [0.717, 1.165) is 30.5 Å². The molecule has 0 aromatic carbocycles. The minimum atomic E-state index is -0.484. The van der Waals surface area contributed by atoms with Crippen molar-refractivity contribution in [1.82, 2.24) is 20.0 Å². The number of rotatable bonds is 7. The van der Waals surface area contributed by atoms with Crippen molar-refractivity contribution in [2.75, 3.05) is 12.8 Å². The van der Waals surface area contributed by atoms with Gasteiger partial charge in [0.2, 0.25) is 0 Å². The molecule has 0 spiro atoms. The van der Waals surface area contributed by atoms with Crippen molar-refractivity contribution in [2.45, 2.75) is 25.8 Å². The lowest BCUT2D eigenvalue weighted by Crippen LogP contribution is -2.02. The number of nitrogen functional groups attached to an aromatic ring is 1. The SMILES string of the molecule is COC(=O)c1cn(CCCC/C(N)=C/c2cc[nH]c2N)nn1. The molecule has 0 saturated heterocycles. The van der Waals surface area contributed by atoms with Gasteiger partial charge in [0.1, 0.15) is 5.82 Å². The fourth-order valence-electron chi connectivity index (χ4n) is 2.00. The molecular formula is C14H20N6O2. The molecule has 2 heterocycles. The van der Waals surface area contributed by atoms with Gasteiger partial charge in [-0.25, -0.2) is 4.79 Å². The Morgan fingerprint density at radius 2 is 2.32 bits per heavy atom. The van der Waals surface area contributed by atoms with Gasteiger partial charge in [-0.05, 0) is 31.4 Å². The first-order valence-electron chi connectivity index (χ1n) is 6.97. The van der Waals surface area contributed by atoms with Gasteiger partial charge in [-0.2, -0.15) is 0 Å². The number of carbonyl (C=O) groups is 1. The number of ether oxygens (including phenoxy) is 1. The van der Waals surface area contributed by atoms with Crippen LogP contribution in [0.4, 0.5) is 5.82 Å². The zero-order valence-corrected chi connectivity index (χ0v) is 12.5. The first kappa shape index (κ1) is 15.6. The summed E-state index contributed by atoms with van der Waals surface area (Å²) in [6, 6.07) is 1.88. The third-order valence-corrected chi connectivity index (χ3v) is 3.19. The van der Waals surface area contributed by atoms with Gasteiger partial charge in [0.25, 0.3) is 0 Å². The van der Waals surface area contributed by atoms with E-state index in [4.69, 9.17) is 11.5 Å². The minimum absolute atomic E-state index is 0.213.